The lowest BCUT2D eigenvalue weighted by Crippen LogP contribution is -2.20. The lowest BCUT2D eigenvalue weighted by molar-refractivity contribution is -0.118. The lowest BCUT2D eigenvalue weighted by Gasteiger charge is -2.11. The summed E-state index contributed by atoms with van der Waals surface area (Å²) in [5.41, 5.74) is 7.47. The van der Waals surface area contributed by atoms with Gasteiger partial charge in [-0.25, -0.2) is 10.2 Å². The summed E-state index contributed by atoms with van der Waals surface area (Å²) < 4.78 is 1.94. The molecule has 9 heteroatoms. The molecular weight excluding hydrogens is 462 g/mol. The van der Waals surface area contributed by atoms with Crippen molar-refractivity contribution in [1.82, 2.24) is 20.2 Å². The van der Waals surface area contributed by atoms with Gasteiger partial charge in [0.2, 0.25) is 0 Å². The van der Waals surface area contributed by atoms with Crippen LogP contribution in [0.15, 0.2) is 83.1 Å². The summed E-state index contributed by atoms with van der Waals surface area (Å²) in [6, 6.07) is 22.3. The van der Waals surface area contributed by atoms with E-state index in [4.69, 9.17) is 5.11 Å². The van der Waals surface area contributed by atoms with Crippen molar-refractivity contribution >= 4 is 29.9 Å². The number of benzene rings is 3. The Morgan fingerprint density at radius 2 is 1.57 bits per heavy atom. The van der Waals surface area contributed by atoms with Crippen LogP contribution in [0.4, 0.5) is 0 Å². The number of amides is 1. The fourth-order valence-electron chi connectivity index (χ4n) is 3.23. The summed E-state index contributed by atoms with van der Waals surface area (Å²) >= 11 is 1.26. The molecule has 2 N–H and O–H groups in total. The summed E-state index contributed by atoms with van der Waals surface area (Å²) in [5, 5.41) is 22.2. The summed E-state index contributed by atoms with van der Waals surface area (Å²) in [6.45, 7) is 4.06. The second-order valence-corrected chi connectivity index (χ2v) is 8.79. The summed E-state index contributed by atoms with van der Waals surface area (Å²) in [7, 11) is 0. The van der Waals surface area contributed by atoms with Crippen molar-refractivity contribution in [2.75, 3.05) is 5.75 Å². The van der Waals surface area contributed by atoms with Gasteiger partial charge >= 0.3 is 5.97 Å². The van der Waals surface area contributed by atoms with Gasteiger partial charge in [0, 0.05) is 11.3 Å². The van der Waals surface area contributed by atoms with E-state index in [0.29, 0.717) is 16.5 Å². The molecule has 4 rings (SSSR count). The molecule has 35 heavy (non-hydrogen) atoms. The molecule has 4 aromatic rings. The van der Waals surface area contributed by atoms with Crippen molar-refractivity contribution < 1.29 is 14.7 Å². The fourth-order valence-corrected chi connectivity index (χ4v) is 3.98. The molecule has 0 spiro atoms. The summed E-state index contributed by atoms with van der Waals surface area (Å²) in [5.74, 6) is -0.515. The number of aromatic nitrogens is 3. The van der Waals surface area contributed by atoms with Gasteiger partial charge < -0.3 is 5.11 Å². The van der Waals surface area contributed by atoms with E-state index in [-0.39, 0.29) is 17.2 Å². The highest BCUT2D eigenvalue weighted by Gasteiger charge is 2.17. The zero-order valence-corrected chi connectivity index (χ0v) is 20.0. The fraction of sp³-hybridized carbons (Fsp3) is 0.115. The molecule has 0 saturated carbocycles. The standard InChI is InChI=1S/C26H23N5O3S/c1-17-3-9-20(10-4-17)24-29-30-26(31(24)22-13-5-18(2)6-14-22)35-16-23(32)28-27-15-19-7-11-21(12-8-19)25(33)34/h3-15H,16H2,1-2H3,(H,28,32)(H,33,34)/b27-15-. The second kappa shape index (κ2) is 10.8. The lowest BCUT2D eigenvalue weighted by atomic mass is 10.1. The largest absolute Gasteiger partial charge is 0.478 e. The average molecular weight is 486 g/mol. The molecule has 0 saturated heterocycles. The van der Waals surface area contributed by atoms with E-state index in [2.05, 4.69) is 20.7 Å². The van der Waals surface area contributed by atoms with Gasteiger partial charge in [-0.3, -0.25) is 9.36 Å². The molecule has 1 amide bonds. The number of hydrazone groups is 1. The third-order valence-electron chi connectivity index (χ3n) is 5.13. The van der Waals surface area contributed by atoms with Crippen LogP contribution in [0.25, 0.3) is 17.1 Å². The molecule has 3 aromatic carbocycles. The molecule has 1 aromatic heterocycles. The Kier molecular flexibility index (Phi) is 7.37. The van der Waals surface area contributed by atoms with Crippen molar-refractivity contribution in [3.8, 4) is 17.1 Å². The number of carbonyl (C=O) groups is 2. The number of rotatable bonds is 8. The Labute approximate surface area is 206 Å². The Balaban J connectivity index is 1.47. The van der Waals surface area contributed by atoms with Crippen LogP contribution >= 0.6 is 11.8 Å². The number of aryl methyl sites for hydroxylation is 2. The van der Waals surface area contributed by atoms with E-state index in [1.165, 1.54) is 30.1 Å². The van der Waals surface area contributed by atoms with Crippen LogP contribution in [-0.4, -0.2) is 43.7 Å². The molecule has 0 aliphatic carbocycles. The normalized spacial score (nSPS) is 11.0. The Morgan fingerprint density at radius 1 is 0.943 bits per heavy atom. The number of nitrogens with zero attached hydrogens (tertiary/aromatic N) is 4. The number of thioether (sulfide) groups is 1. The molecule has 0 bridgehead atoms. The predicted molar refractivity (Wildman–Crippen MR) is 136 cm³/mol. The number of carbonyl (C=O) groups excluding carboxylic acids is 1. The zero-order chi connectivity index (χ0) is 24.8. The first-order chi connectivity index (χ1) is 16.9. The summed E-state index contributed by atoms with van der Waals surface area (Å²) in [6.07, 6.45) is 1.46. The topological polar surface area (TPSA) is 109 Å². The maximum Gasteiger partial charge on any atom is 0.335 e. The SMILES string of the molecule is Cc1ccc(-c2nnc(SCC(=O)N/N=C\c3ccc(C(=O)O)cc3)n2-c2ccc(C)cc2)cc1. The minimum Gasteiger partial charge on any atom is -0.478 e. The maximum atomic E-state index is 12.4. The first-order valence-corrected chi connectivity index (χ1v) is 11.8. The zero-order valence-electron chi connectivity index (χ0n) is 19.2. The van der Waals surface area contributed by atoms with Gasteiger partial charge in [-0.05, 0) is 43.7 Å². The highest BCUT2D eigenvalue weighted by atomic mass is 32.2. The quantitative estimate of drug-likeness (QED) is 0.216. The Hall–Kier alpha value is -4.24. The van der Waals surface area contributed by atoms with E-state index in [1.54, 1.807) is 12.1 Å². The second-order valence-electron chi connectivity index (χ2n) is 7.85. The van der Waals surface area contributed by atoms with Gasteiger partial charge in [-0.2, -0.15) is 5.10 Å². The smallest absolute Gasteiger partial charge is 0.335 e. The van der Waals surface area contributed by atoms with Gasteiger partial charge in [0.1, 0.15) is 0 Å². The van der Waals surface area contributed by atoms with Gasteiger partial charge in [0.25, 0.3) is 5.91 Å². The van der Waals surface area contributed by atoms with Crippen molar-refractivity contribution in [3.05, 3.63) is 95.1 Å². The van der Waals surface area contributed by atoms with Gasteiger partial charge in [0.05, 0.1) is 17.5 Å². The van der Waals surface area contributed by atoms with Gasteiger partial charge in [-0.15, -0.1) is 10.2 Å². The van der Waals surface area contributed by atoms with Crippen LogP contribution in [0.5, 0.6) is 0 Å². The number of hydrogen-bond acceptors (Lipinski definition) is 6. The van der Waals surface area contributed by atoms with E-state index in [1.807, 2.05) is 66.9 Å². The van der Waals surface area contributed by atoms with E-state index in [9.17, 15) is 9.59 Å². The van der Waals surface area contributed by atoms with E-state index >= 15 is 0 Å². The van der Waals surface area contributed by atoms with Crippen LogP contribution in [0.3, 0.4) is 0 Å². The third kappa shape index (κ3) is 6.01. The third-order valence-corrected chi connectivity index (χ3v) is 6.06. The Morgan fingerprint density at radius 3 is 2.20 bits per heavy atom. The first kappa shape index (κ1) is 23.9. The van der Waals surface area contributed by atoms with Crippen LogP contribution in [0.1, 0.15) is 27.0 Å². The molecule has 0 radical (unpaired) electrons. The van der Waals surface area contributed by atoms with Crippen LogP contribution in [0, 0.1) is 13.8 Å². The van der Waals surface area contributed by atoms with Crippen LogP contribution in [-0.2, 0) is 4.79 Å². The van der Waals surface area contributed by atoms with Crippen molar-refractivity contribution in [2.45, 2.75) is 19.0 Å². The minimum absolute atomic E-state index is 0.0905. The molecule has 0 fully saturated rings. The molecule has 0 aliphatic heterocycles. The Bertz CT molecular complexity index is 1360. The minimum atomic E-state index is -0.997. The maximum absolute atomic E-state index is 12.4. The van der Waals surface area contributed by atoms with E-state index < -0.39 is 5.97 Å². The van der Waals surface area contributed by atoms with Crippen molar-refractivity contribution in [3.63, 3.8) is 0 Å². The highest BCUT2D eigenvalue weighted by molar-refractivity contribution is 7.99. The van der Waals surface area contributed by atoms with Crippen LogP contribution < -0.4 is 5.43 Å². The number of carboxylic acids is 1. The van der Waals surface area contributed by atoms with Crippen molar-refractivity contribution in [1.29, 1.82) is 0 Å². The van der Waals surface area contributed by atoms with Gasteiger partial charge in [-0.1, -0.05) is 71.4 Å². The number of hydrogen-bond donors (Lipinski definition) is 2. The molecular formula is C26H23N5O3S. The molecule has 0 atom stereocenters. The van der Waals surface area contributed by atoms with Crippen LogP contribution in [0.2, 0.25) is 0 Å². The summed E-state index contributed by atoms with van der Waals surface area (Å²) in [4.78, 5) is 23.3. The van der Waals surface area contributed by atoms with E-state index in [0.717, 1.165) is 22.4 Å². The first-order valence-electron chi connectivity index (χ1n) is 10.8. The van der Waals surface area contributed by atoms with Crippen molar-refractivity contribution in [2.24, 2.45) is 5.10 Å². The number of nitrogens with one attached hydrogen (secondary N) is 1. The molecule has 0 unspecified atom stereocenters. The molecule has 176 valence electrons. The number of aromatic carboxylic acids is 1. The predicted octanol–water partition coefficient (Wildman–Crippen LogP) is 4.49. The number of carboxylic acid groups (broad SMARTS) is 1. The monoisotopic (exact) mass is 485 g/mol. The van der Waals surface area contributed by atoms with Gasteiger partial charge in [0.15, 0.2) is 11.0 Å². The highest BCUT2D eigenvalue weighted by Crippen LogP contribution is 2.28. The molecule has 1 heterocycles. The average Bonchev–Trinajstić information content (AvgIpc) is 3.28. The molecule has 8 nitrogen and oxygen atoms in total. The molecule has 0 aliphatic rings.